The average Bonchev–Trinajstić information content (AvgIpc) is 2.89. The van der Waals surface area contributed by atoms with E-state index in [1.54, 1.807) is 18.2 Å². The highest BCUT2D eigenvalue weighted by Gasteiger charge is 2.56. The van der Waals surface area contributed by atoms with E-state index in [9.17, 15) is 9.18 Å². The Morgan fingerprint density at radius 2 is 2.03 bits per heavy atom. The minimum atomic E-state index is -0.350. The van der Waals surface area contributed by atoms with Gasteiger partial charge in [0.2, 0.25) is 0 Å². The maximum atomic E-state index is 14.4. The molecule has 1 heterocycles. The number of anilines is 1. The first-order chi connectivity index (χ1) is 18.5. The molecule has 6 rings (SSSR count). The summed E-state index contributed by atoms with van der Waals surface area (Å²) in [6, 6.07) is 10.7. The topological polar surface area (TPSA) is 85.7 Å². The molecule has 1 unspecified atom stereocenters. The van der Waals surface area contributed by atoms with Crippen LogP contribution in [0.15, 0.2) is 52.5 Å². The van der Waals surface area contributed by atoms with Gasteiger partial charge < -0.3 is 15.4 Å². The first-order valence-electron chi connectivity index (χ1n) is 13.9. The lowest BCUT2D eigenvalue weighted by Gasteiger charge is -2.61. The maximum Gasteiger partial charge on any atom is 0.261 e. The van der Waals surface area contributed by atoms with Crippen molar-refractivity contribution in [3.8, 4) is 5.75 Å². The lowest BCUT2D eigenvalue weighted by molar-refractivity contribution is -0.108. The first-order valence-corrected chi connectivity index (χ1v) is 13.9. The van der Waals surface area contributed by atoms with Crippen LogP contribution in [0.25, 0.3) is 10.9 Å². The third kappa shape index (κ3) is 4.90. The first kappa shape index (κ1) is 27.2. The SMILES string of the molecule is COc1ccc(CCn2cnc3cc(N(C(N)=NC4C[C@@H]5C[C@H]([C@@H]4C)C5(C)C)C(C)C)ccc3c2=O)c(F)c1. The molecule has 39 heavy (non-hydrogen) atoms. The van der Waals surface area contributed by atoms with E-state index in [2.05, 4.69) is 39.6 Å². The van der Waals surface area contributed by atoms with Gasteiger partial charge in [-0.1, -0.05) is 26.8 Å². The van der Waals surface area contributed by atoms with E-state index >= 15 is 0 Å². The Bertz CT molecular complexity index is 1460. The molecule has 3 aliphatic rings. The number of hydrogen-bond acceptors (Lipinski definition) is 4. The number of hydrogen-bond donors (Lipinski definition) is 1. The molecule has 4 atom stereocenters. The van der Waals surface area contributed by atoms with Crippen molar-refractivity contribution in [2.75, 3.05) is 12.0 Å². The molecule has 3 fully saturated rings. The van der Waals surface area contributed by atoms with E-state index in [1.165, 1.54) is 30.5 Å². The normalized spacial score (nSPS) is 24.1. The van der Waals surface area contributed by atoms with Crippen molar-refractivity contribution in [2.24, 2.45) is 33.9 Å². The minimum absolute atomic E-state index is 0.0795. The number of rotatable bonds is 7. The Morgan fingerprint density at radius 3 is 2.67 bits per heavy atom. The number of aliphatic imine (C=N–C) groups is 1. The standard InChI is InChI=1S/C31H40FN5O2/c1-18(2)37(30(33)35-27-14-21-13-25(19(27)3)31(21,4)5)22-8-10-24-28(15-22)34-17-36(29(24)38)12-11-20-7-9-23(39-6)16-26(20)32/h7-10,15-19,21,25,27H,11-14H2,1-6H3,(H2,33,35)/t19-,21-,25+,27?/m0/s1. The molecule has 2 aromatic carbocycles. The Balaban J connectivity index is 1.36. The Hall–Kier alpha value is -3.42. The molecule has 2 N–H and O–H groups in total. The van der Waals surface area contributed by atoms with Crippen LogP contribution in [-0.2, 0) is 13.0 Å². The van der Waals surface area contributed by atoms with E-state index in [4.69, 9.17) is 15.5 Å². The van der Waals surface area contributed by atoms with Crippen molar-refractivity contribution in [1.29, 1.82) is 0 Å². The molecular weight excluding hydrogens is 493 g/mol. The monoisotopic (exact) mass is 533 g/mol. The summed E-state index contributed by atoms with van der Waals surface area (Å²) >= 11 is 0. The molecule has 208 valence electrons. The third-order valence-corrected chi connectivity index (χ3v) is 9.34. The van der Waals surface area contributed by atoms with Gasteiger partial charge in [-0.3, -0.25) is 9.36 Å². The van der Waals surface area contributed by atoms with E-state index in [0.717, 1.165) is 12.1 Å². The molecule has 1 aromatic heterocycles. The highest BCUT2D eigenvalue weighted by Crippen LogP contribution is 2.61. The van der Waals surface area contributed by atoms with Crippen LogP contribution < -0.4 is 20.9 Å². The second-order valence-electron chi connectivity index (χ2n) is 12.1. The van der Waals surface area contributed by atoms with Crippen molar-refractivity contribution in [3.05, 3.63) is 64.5 Å². The Kier molecular flexibility index (Phi) is 7.16. The summed E-state index contributed by atoms with van der Waals surface area (Å²) in [5.41, 5.74) is 8.87. The zero-order valence-electron chi connectivity index (χ0n) is 23.8. The third-order valence-electron chi connectivity index (χ3n) is 9.34. The van der Waals surface area contributed by atoms with Crippen molar-refractivity contribution in [1.82, 2.24) is 9.55 Å². The molecule has 7 nitrogen and oxygen atoms in total. The van der Waals surface area contributed by atoms with Gasteiger partial charge in [-0.2, -0.15) is 0 Å². The van der Waals surface area contributed by atoms with E-state index in [0.29, 0.717) is 64.3 Å². The number of methoxy groups -OCH3 is 1. The summed E-state index contributed by atoms with van der Waals surface area (Å²) in [5, 5.41) is 0.513. The van der Waals surface area contributed by atoms with Gasteiger partial charge in [-0.15, -0.1) is 0 Å². The van der Waals surface area contributed by atoms with Crippen LogP contribution in [0, 0.1) is 29.0 Å². The summed E-state index contributed by atoms with van der Waals surface area (Å²) in [6.07, 6.45) is 4.28. The van der Waals surface area contributed by atoms with Crippen molar-refractivity contribution >= 4 is 22.5 Å². The maximum absolute atomic E-state index is 14.4. The quantitative estimate of drug-likeness (QED) is 0.325. The zero-order chi connectivity index (χ0) is 28.1. The summed E-state index contributed by atoms with van der Waals surface area (Å²) in [5.74, 6) is 2.53. The van der Waals surface area contributed by atoms with Gasteiger partial charge in [-0.05, 0) is 86.1 Å². The molecule has 3 saturated carbocycles. The van der Waals surface area contributed by atoms with Gasteiger partial charge in [0.05, 0.1) is 30.4 Å². The second-order valence-corrected chi connectivity index (χ2v) is 12.1. The largest absolute Gasteiger partial charge is 0.497 e. The van der Waals surface area contributed by atoms with E-state index in [-0.39, 0.29) is 23.5 Å². The van der Waals surface area contributed by atoms with Gasteiger partial charge in [0, 0.05) is 24.3 Å². The molecule has 8 heteroatoms. The smallest absolute Gasteiger partial charge is 0.261 e. The number of nitrogens with zero attached hydrogens (tertiary/aromatic N) is 4. The molecule has 0 radical (unpaired) electrons. The molecule has 0 spiro atoms. The lowest BCUT2D eigenvalue weighted by atomic mass is 9.45. The van der Waals surface area contributed by atoms with Crippen LogP contribution in [-0.4, -0.2) is 34.7 Å². The van der Waals surface area contributed by atoms with Crippen LogP contribution in [0.4, 0.5) is 10.1 Å². The van der Waals surface area contributed by atoms with Crippen molar-refractivity contribution in [3.63, 3.8) is 0 Å². The van der Waals surface area contributed by atoms with Crippen molar-refractivity contribution in [2.45, 2.75) is 72.5 Å². The van der Waals surface area contributed by atoms with Gasteiger partial charge >= 0.3 is 0 Å². The number of ether oxygens (including phenoxy) is 1. The molecule has 0 amide bonds. The number of fused-ring (bicyclic) bond motifs is 3. The number of nitrogens with two attached hydrogens (primary N) is 1. The van der Waals surface area contributed by atoms with Crippen LogP contribution in [0.1, 0.15) is 53.0 Å². The summed E-state index contributed by atoms with van der Waals surface area (Å²) < 4.78 is 21.0. The molecule has 3 aromatic rings. The van der Waals surface area contributed by atoms with Crippen molar-refractivity contribution < 1.29 is 9.13 Å². The highest BCUT2D eigenvalue weighted by molar-refractivity contribution is 5.97. The predicted octanol–water partition coefficient (Wildman–Crippen LogP) is 5.39. The number of aromatic nitrogens is 2. The highest BCUT2D eigenvalue weighted by atomic mass is 19.1. The summed E-state index contributed by atoms with van der Waals surface area (Å²) in [7, 11) is 1.50. The molecular formula is C31H40FN5O2. The van der Waals surface area contributed by atoms with Gasteiger partial charge in [0.15, 0.2) is 5.96 Å². The fourth-order valence-corrected chi connectivity index (χ4v) is 6.77. The van der Waals surface area contributed by atoms with Crippen LogP contribution >= 0.6 is 0 Å². The van der Waals surface area contributed by atoms with E-state index < -0.39 is 0 Å². The van der Waals surface area contributed by atoms with Gasteiger partial charge in [0.1, 0.15) is 11.6 Å². The molecule has 3 aliphatic carbocycles. The number of benzene rings is 2. The van der Waals surface area contributed by atoms with E-state index in [1.807, 2.05) is 17.0 Å². The lowest BCUT2D eigenvalue weighted by Crippen LogP contribution is -2.57. The Morgan fingerprint density at radius 1 is 1.26 bits per heavy atom. The fourth-order valence-electron chi connectivity index (χ4n) is 6.77. The van der Waals surface area contributed by atoms with Gasteiger partial charge in [-0.25, -0.2) is 14.4 Å². The Labute approximate surface area is 229 Å². The molecule has 2 bridgehead atoms. The number of aryl methyl sites for hydroxylation is 2. The molecule has 0 aliphatic heterocycles. The van der Waals surface area contributed by atoms with Crippen LogP contribution in [0.5, 0.6) is 5.75 Å². The fraction of sp³-hybridized carbons (Fsp3) is 0.516. The second kappa shape index (κ2) is 10.3. The van der Waals surface area contributed by atoms with Crippen LogP contribution in [0.3, 0.4) is 0 Å². The zero-order valence-corrected chi connectivity index (χ0v) is 23.8. The summed E-state index contributed by atoms with van der Waals surface area (Å²) in [4.78, 5) is 24.8. The average molecular weight is 534 g/mol. The molecule has 0 saturated heterocycles. The predicted molar refractivity (Wildman–Crippen MR) is 155 cm³/mol. The van der Waals surface area contributed by atoms with Gasteiger partial charge in [0.25, 0.3) is 5.56 Å². The van der Waals surface area contributed by atoms with Crippen LogP contribution in [0.2, 0.25) is 0 Å². The minimum Gasteiger partial charge on any atom is -0.497 e. The summed E-state index contributed by atoms with van der Waals surface area (Å²) in [6.45, 7) is 11.6. The number of guanidine groups is 1. The number of halogens is 1.